The number of carbonyl (C=O) groups is 2. The number of halogens is 3. The minimum Gasteiger partial charge on any atom is -0.489 e. The third kappa shape index (κ3) is 5.61. The topological polar surface area (TPSA) is 112 Å². The molecular weight excluding hydrogens is 455 g/mol. The lowest BCUT2D eigenvalue weighted by Gasteiger charge is -2.30. The maximum Gasteiger partial charge on any atom is 0.471 e. The standard InChI is InChI=1S/C23H22F3N3O5/c1-14-11-15(18-5-3-4-6-19(18)27-14)12-34-17-9-7-16(8-10-17)29(21(31)23(24,25)26)13-22(2,32)20(30)28-33/h3-11,32-33H,12-13H2,1-2H3,(H,28,30)/t22-/m1/s1. The number of hydroxylamine groups is 1. The van der Waals surface area contributed by atoms with Crippen LogP contribution >= 0.6 is 0 Å². The van der Waals surface area contributed by atoms with Gasteiger partial charge in [0, 0.05) is 22.3 Å². The van der Waals surface area contributed by atoms with Gasteiger partial charge in [0.2, 0.25) is 0 Å². The monoisotopic (exact) mass is 477 g/mol. The molecule has 1 heterocycles. The zero-order valence-corrected chi connectivity index (χ0v) is 18.3. The van der Waals surface area contributed by atoms with E-state index >= 15 is 0 Å². The van der Waals surface area contributed by atoms with Crippen molar-refractivity contribution in [1.29, 1.82) is 0 Å². The average Bonchev–Trinajstić information content (AvgIpc) is 2.79. The lowest BCUT2D eigenvalue weighted by molar-refractivity contribution is -0.171. The molecule has 2 amide bonds. The summed E-state index contributed by atoms with van der Waals surface area (Å²) in [6, 6.07) is 14.5. The molecule has 11 heteroatoms. The number of para-hydroxylation sites is 1. The first kappa shape index (κ1) is 24.9. The third-order valence-electron chi connectivity index (χ3n) is 5.02. The average molecular weight is 477 g/mol. The number of nitrogens with zero attached hydrogens (tertiary/aromatic N) is 2. The van der Waals surface area contributed by atoms with Crippen molar-refractivity contribution in [2.75, 3.05) is 11.4 Å². The van der Waals surface area contributed by atoms with Crippen molar-refractivity contribution >= 4 is 28.4 Å². The number of hydrogen-bond acceptors (Lipinski definition) is 6. The number of amides is 2. The van der Waals surface area contributed by atoms with Crippen molar-refractivity contribution in [3.8, 4) is 5.75 Å². The molecule has 180 valence electrons. The molecule has 0 spiro atoms. The summed E-state index contributed by atoms with van der Waals surface area (Å²) in [5, 5.41) is 19.8. The summed E-state index contributed by atoms with van der Waals surface area (Å²) in [7, 11) is 0. The van der Waals surface area contributed by atoms with Crippen molar-refractivity contribution in [3.05, 3.63) is 65.9 Å². The van der Waals surface area contributed by atoms with Gasteiger partial charge in [-0.1, -0.05) is 18.2 Å². The van der Waals surface area contributed by atoms with Gasteiger partial charge in [-0.2, -0.15) is 13.2 Å². The maximum atomic E-state index is 13.1. The molecular formula is C23H22F3N3O5. The molecule has 0 saturated heterocycles. The van der Waals surface area contributed by atoms with Crippen LogP contribution in [0.25, 0.3) is 10.9 Å². The number of ether oxygens (including phenoxy) is 1. The van der Waals surface area contributed by atoms with Gasteiger partial charge in [-0.3, -0.25) is 19.8 Å². The van der Waals surface area contributed by atoms with Gasteiger partial charge in [0.25, 0.3) is 5.91 Å². The highest BCUT2D eigenvalue weighted by atomic mass is 19.4. The Balaban J connectivity index is 1.83. The molecule has 0 saturated carbocycles. The second-order valence-corrected chi connectivity index (χ2v) is 7.83. The number of nitrogens with one attached hydrogen (secondary N) is 1. The Morgan fingerprint density at radius 3 is 2.38 bits per heavy atom. The van der Waals surface area contributed by atoms with Crippen LogP contribution in [0.2, 0.25) is 0 Å². The summed E-state index contributed by atoms with van der Waals surface area (Å²) < 4.78 is 45.2. The number of hydrogen-bond donors (Lipinski definition) is 3. The van der Waals surface area contributed by atoms with E-state index in [1.54, 1.807) is 0 Å². The summed E-state index contributed by atoms with van der Waals surface area (Å²) in [5.41, 5.74) is 0.909. The molecule has 0 bridgehead atoms. The van der Waals surface area contributed by atoms with E-state index in [0.29, 0.717) is 5.75 Å². The van der Waals surface area contributed by atoms with Crippen molar-refractivity contribution in [3.63, 3.8) is 0 Å². The zero-order chi connectivity index (χ0) is 25.1. The summed E-state index contributed by atoms with van der Waals surface area (Å²) in [4.78, 5) is 28.2. The minimum absolute atomic E-state index is 0.166. The normalized spacial score (nSPS) is 13.3. The number of aliphatic hydroxyl groups is 1. The number of fused-ring (bicyclic) bond motifs is 1. The largest absolute Gasteiger partial charge is 0.489 e. The van der Waals surface area contributed by atoms with E-state index in [1.165, 1.54) is 29.7 Å². The van der Waals surface area contributed by atoms with Crippen LogP contribution in [-0.2, 0) is 16.2 Å². The molecule has 0 fully saturated rings. The van der Waals surface area contributed by atoms with E-state index in [0.717, 1.165) is 29.1 Å². The molecule has 1 aromatic heterocycles. The maximum absolute atomic E-state index is 13.1. The van der Waals surface area contributed by atoms with E-state index in [1.807, 2.05) is 37.3 Å². The first-order valence-corrected chi connectivity index (χ1v) is 10.1. The number of aromatic nitrogens is 1. The van der Waals surface area contributed by atoms with Crippen LogP contribution < -0.4 is 15.1 Å². The molecule has 3 aromatic rings. The van der Waals surface area contributed by atoms with Crippen LogP contribution in [0.3, 0.4) is 0 Å². The second kappa shape index (κ2) is 9.65. The number of aryl methyl sites for hydroxylation is 1. The first-order chi connectivity index (χ1) is 15.9. The Labute approximate surface area is 192 Å². The highest BCUT2D eigenvalue weighted by molar-refractivity contribution is 5.98. The smallest absolute Gasteiger partial charge is 0.471 e. The minimum atomic E-state index is -5.26. The number of anilines is 1. The first-order valence-electron chi connectivity index (χ1n) is 10.1. The predicted octanol–water partition coefficient (Wildman–Crippen LogP) is 3.27. The van der Waals surface area contributed by atoms with Gasteiger partial charge in [-0.05, 0) is 50.2 Å². The fourth-order valence-corrected chi connectivity index (χ4v) is 3.33. The van der Waals surface area contributed by atoms with Crippen LogP contribution in [0.15, 0.2) is 54.6 Å². The third-order valence-corrected chi connectivity index (χ3v) is 5.02. The predicted molar refractivity (Wildman–Crippen MR) is 116 cm³/mol. The Bertz CT molecular complexity index is 1200. The second-order valence-electron chi connectivity index (χ2n) is 7.83. The van der Waals surface area contributed by atoms with Crippen LogP contribution in [0.4, 0.5) is 18.9 Å². The number of benzene rings is 2. The number of pyridine rings is 1. The van der Waals surface area contributed by atoms with Crippen molar-refractivity contribution in [2.45, 2.75) is 32.2 Å². The van der Waals surface area contributed by atoms with Crippen molar-refractivity contribution in [2.24, 2.45) is 0 Å². The molecule has 0 aliphatic rings. The molecule has 0 radical (unpaired) electrons. The SMILES string of the molecule is Cc1cc(COc2ccc(N(C[C@@](C)(O)C(=O)NO)C(=O)C(F)(F)F)cc2)c2ccccc2n1. The number of alkyl halides is 3. The zero-order valence-electron chi connectivity index (χ0n) is 18.3. The lowest BCUT2D eigenvalue weighted by Crippen LogP contribution is -2.55. The van der Waals surface area contributed by atoms with E-state index < -0.39 is 30.1 Å². The summed E-state index contributed by atoms with van der Waals surface area (Å²) in [5.74, 6) is -3.33. The summed E-state index contributed by atoms with van der Waals surface area (Å²) >= 11 is 0. The van der Waals surface area contributed by atoms with Gasteiger partial charge in [-0.25, -0.2) is 5.48 Å². The number of carbonyl (C=O) groups excluding carboxylic acids is 2. The molecule has 8 nitrogen and oxygen atoms in total. The Morgan fingerprint density at radius 1 is 1.12 bits per heavy atom. The van der Waals surface area contributed by atoms with Gasteiger partial charge in [0.15, 0.2) is 5.60 Å². The molecule has 0 aliphatic heterocycles. The van der Waals surface area contributed by atoms with Crippen LogP contribution in [0.1, 0.15) is 18.2 Å². The summed E-state index contributed by atoms with van der Waals surface area (Å²) in [6.45, 7) is 1.83. The van der Waals surface area contributed by atoms with Crippen molar-refractivity contribution < 1.29 is 37.8 Å². The van der Waals surface area contributed by atoms with Gasteiger partial charge < -0.3 is 14.7 Å². The fraction of sp³-hybridized carbons (Fsp3) is 0.261. The molecule has 0 aliphatic carbocycles. The Kier molecular flexibility index (Phi) is 7.08. The van der Waals surface area contributed by atoms with Crippen LogP contribution in [0, 0.1) is 6.92 Å². The van der Waals surface area contributed by atoms with Crippen LogP contribution in [-0.4, -0.2) is 45.4 Å². The lowest BCUT2D eigenvalue weighted by atomic mass is 10.1. The molecule has 1 atom stereocenters. The van der Waals surface area contributed by atoms with E-state index in [-0.39, 0.29) is 17.2 Å². The molecule has 0 unspecified atom stereocenters. The van der Waals surface area contributed by atoms with Gasteiger partial charge >= 0.3 is 12.1 Å². The molecule has 3 rings (SSSR count). The highest BCUT2D eigenvalue weighted by Crippen LogP contribution is 2.28. The molecule has 34 heavy (non-hydrogen) atoms. The molecule has 3 N–H and O–H groups in total. The van der Waals surface area contributed by atoms with E-state index in [9.17, 15) is 27.9 Å². The number of rotatable bonds is 7. The van der Waals surface area contributed by atoms with E-state index in [2.05, 4.69) is 4.98 Å². The highest BCUT2D eigenvalue weighted by Gasteiger charge is 2.46. The van der Waals surface area contributed by atoms with Gasteiger partial charge in [-0.15, -0.1) is 0 Å². The van der Waals surface area contributed by atoms with E-state index in [4.69, 9.17) is 9.94 Å². The van der Waals surface area contributed by atoms with Gasteiger partial charge in [0.05, 0.1) is 12.1 Å². The van der Waals surface area contributed by atoms with Crippen molar-refractivity contribution in [1.82, 2.24) is 10.5 Å². The summed E-state index contributed by atoms with van der Waals surface area (Å²) in [6.07, 6.45) is -5.26. The molecule has 2 aromatic carbocycles. The van der Waals surface area contributed by atoms with Gasteiger partial charge in [0.1, 0.15) is 12.4 Å². The Hall–Kier alpha value is -3.70. The Morgan fingerprint density at radius 2 is 1.76 bits per heavy atom. The quantitative estimate of drug-likeness (QED) is 0.356. The fourth-order valence-electron chi connectivity index (χ4n) is 3.33. The van der Waals surface area contributed by atoms with Crippen LogP contribution in [0.5, 0.6) is 5.75 Å².